The number of piperazine rings is 1. The summed E-state index contributed by atoms with van der Waals surface area (Å²) in [6.45, 7) is 8.46. The molecular weight excluding hydrogens is 725 g/mol. The van der Waals surface area contributed by atoms with Crippen LogP contribution in [0.25, 0.3) is 10.9 Å². The van der Waals surface area contributed by atoms with Crippen LogP contribution in [0.3, 0.4) is 0 Å². The molecule has 1 fully saturated rings. The summed E-state index contributed by atoms with van der Waals surface area (Å²) in [4.78, 5) is 32.4. The third-order valence-corrected chi connectivity index (χ3v) is 14.6. The Kier molecular flexibility index (Phi) is 8.59. The minimum Gasteiger partial charge on any atom is -0.504 e. The highest BCUT2D eigenvalue weighted by Crippen LogP contribution is 2.62. The number of carbonyl (C=O) groups excluding carboxylic acids is 1. The zero-order valence-corrected chi connectivity index (χ0v) is 32.5. The topological polar surface area (TPSA) is 166 Å². The fraction of sp³-hybridized carbons (Fsp3) is 0.463. The maximum absolute atomic E-state index is 12.7. The predicted octanol–water partition coefficient (Wildman–Crippen LogP) is 4.65. The van der Waals surface area contributed by atoms with Crippen molar-refractivity contribution < 1.29 is 43.9 Å². The Labute approximate surface area is 322 Å². The number of fused-ring (bicyclic) bond motifs is 12. The molecule has 0 aliphatic carbocycles. The van der Waals surface area contributed by atoms with Gasteiger partial charge >= 0.3 is 5.97 Å². The molecule has 290 valence electrons. The number of ether oxygens (including phenoxy) is 4. The Morgan fingerprint density at radius 1 is 1.11 bits per heavy atom. The standard InChI is InChI=1S/C41H46N4O9S/c1-18-11-21-12-26-39(48)45-27(14-52-16-46)30-28(19(2)20(3)35-36(30)54-17-53-35)37(32(45)31(44(26)5)29(21)33(47)34(18)51-6)55-15-41(4)38-23(13-25(43-41)40(49)50)22-9-7-8-10-24(22)42-38/h7-11,16,25-27,31-32,37,39,42-43,47-48H,12-15,17H2,1-6H3,(H,49,50)/t25-,26-,27-,31+,32+,37+,39-,41+/m0/s1. The van der Waals surface area contributed by atoms with Gasteiger partial charge in [0, 0.05) is 51.2 Å². The fourth-order valence-corrected chi connectivity index (χ4v) is 12.1. The van der Waals surface area contributed by atoms with Gasteiger partial charge < -0.3 is 39.3 Å². The number of aromatic amines is 1. The molecule has 0 unspecified atom stereocenters. The Morgan fingerprint density at radius 3 is 2.62 bits per heavy atom. The number of H-pyrrole nitrogens is 1. The van der Waals surface area contributed by atoms with Crippen molar-refractivity contribution >= 4 is 35.1 Å². The van der Waals surface area contributed by atoms with E-state index in [9.17, 15) is 24.9 Å². The number of aromatic hydroxyl groups is 1. The molecule has 0 saturated carbocycles. The molecule has 2 bridgehead atoms. The second-order valence-corrected chi connectivity index (χ2v) is 16.9. The summed E-state index contributed by atoms with van der Waals surface area (Å²) in [7, 11) is 3.55. The first-order valence-corrected chi connectivity index (χ1v) is 19.7. The van der Waals surface area contributed by atoms with E-state index >= 15 is 0 Å². The Bertz CT molecular complexity index is 2260. The smallest absolute Gasteiger partial charge is 0.321 e. The van der Waals surface area contributed by atoms with Crippen molar-refractivity contribution in [2.45, 2.75) is 87.8 Å². The molecule has 0 spiro atoms. The first kappa shape index (κ1) is 36.2. The van der Waals surface area contributed by atoms with Crippen LogP contribution in [0.1, 0.15) is 74.5 Å². The summed E-state index contributed by atoms with van der Waals surface area (Å²) >= 11 is 1.68. The molecule has 3 aromatic carbocycles. The quantitative estimate of drug-likeness (QED) is 0.157. The summed E-state index contributed by atoms with van der Waals surface area (Å²) in [5.41, 5.74) is 8.29. The number of benzene rings is 3. The summed E-state index contributed by atoms with van der Waals surface area (Å²) in [5.74, 6) is 1.22. The van der Waals surface area contributed by atoms with Crippen molar-refractivity contribution in [2.75, 3.05) is 33.3 Å². The van der Waals surface area contributed by atoms with Gasteiger partial charge in [-0.25, -0.2) is 0 Å². The molecule has 13 nitrogen and oxygen atoms in total. The average Bonchev–Trinajstić information content (AvgIpc) is 3.80. The molecule has 14 heteroatoms. The third kappa shape index (κ3) is 5.14. The zero-order valence-electron chi connectivity index (χ0n) is 31.6. The molecule has 8 atom stereocenters. The number of phenolic OH excluding ortho intramolecular Hbond substituents is 1. The first-order chi connectivity index (χ1) is 26.4. The maximum Gasteiger partial charge on any atom is 0.321 e. The van der Waals surface area contributed by atoms with Crippen LogP contribution in [-0.2, 0) is 32.7 Å². The number of para-hydroxylation sites is 1. The van der Waals surface area contributed by atoms with Crippen LogP contribution >= 0.6 is 11.8 Å². The molecule has 5 aliphatic rings. The van der Waals surface area contributed by atoms with E-state index in [0.29, 0.717) is 42.3 Å². The normalized spacial score (nSPS) is 29.3. The minimum absolute atomic E-state index is 0.0349. The Balaban J connectivity index is 1.26. The summed E-state index contributed by atoms with van der Waals surface area (Å²) in [6, 6.07) is 7.37. The fourth-order valence-electron chi connectivity index (χ4n) is 10.4. The minimum atomic E-state index is -1.000. The van der Waals surface area contributed by atoms with Gasteiger partial charge in [-0.2, -0.15) is 0 Å². The summed E-state index contributed by atoms with van der Waals surface area (Å²) in [5, 5.41) is 39.2. The number of nitrogens with zero attached hydrogens (tertiary/aromatic N) is 2. The van der Waals surface area contributed by atoms with Gasteiger partial charge in [0.05, 0.1) is 30.8 Å². The summed E-state index contributed by atoms with van der Waals surface area (Å²) < 4.78 is 23.6. The molecule has 0 amide bonds. The molecule has 9 rings (SSSR count). The Morgan fingerprint density at radius 2 is 1.87 bits per heavy atom. The lowest BCUT2D eigenvalue weighted by molar-refractivity contribution is -0.181. The van der Waals surface area contributed by atoms with E-state index in [1.54, 1.807) is 18.9 Å². The lowest BCUT2D eigenvalue weighted by atomic mass is 9.72. The summed E-state index contributed by atoms with van der Waals surface area (Å²) in [6.07, 6.45) is -0.181. The Hall–Kier alpha value is -4.47. The SMILES string of the molecule is COc1c(C)cc2c(c1O)[C@@H]1[C@@H]3[C@H](SC[C@@]4(C)N[C@H](C(=O)O)Cc5c4[nH]c4ccccc54)c4c(C)c(C)c5c(c4[C@H](COC=O)N3[C@@H](O)[C@H](C2)N1C)OCO5. The number of hydrogen-bond donors (Lipinski definition) is 5. The van der Waals surface area contributed by atoms with Gasteiger partial charge in [-0.1, -0.05) is 24.3 Å². The van der Waals surface area contributed by atoms with Crippen LogP contribution < -0.4 is 19.5 Å². The number of methoxy groups -OCH3 is 1. The van der Waals surface area contributed by atoms with E-state index < -0.39 is 41.9 Å². The van der Waals surface area contributed by atoms with Gasteiger partial charge in [0.2, 0.25) is 6.79 Å². The maximum atomic E-state index is 12.7. The van der Waals surface area contributed by atoms with Crippen LogP contribution in [-0.4, -0.2) is 100 Å². The number of carboxylic acid groups (broad SMARTS) is 1. The van der Waals surface area contributed by atoms with E-state index in [2.05, 4.69) is 40.0 Å². The molecule has 5 N–H and O–H groups in total. The average molecular weight is 771 g/mol. The van der Waals surface area contributed by atoms with E-state index in [4.69, 9.17) is 18.9 Å². The first-order valence-electron chi connectivity index (χ1n) is 18.7. The monoisotopic (exact) mass is 770 g/mol. The molecule has 5 aliphatic heterocycles. The van der Waals surface area contributed by atoms with Crippen LogP contribution in [0.2, 0.25) is 0 Å². The number of carbonyl (C=O) groups is 2. The molecular formula is C41H46N4O9S. The number of phenols is 1. The number of likely N-dealkylation sites (N-methyl/N-ethyl adjacent to an activating group) is 1. The number of thioether (sulfide) groups is 1. The van der Waals surface area contributed by atoms with Gasteiger partial charge in [0.25, 0.3) is 6.47 Å². The van der Waals surface area contributed by atoms with Crippen LogP contribution in [0.15, 0.2) is 30.3 Å². The van der Waals surface area contributed by atoms with Gasteiger partial charge in [0.15, 0.2) is 23.0 Å². The van der Waals surface area contributed by atoms with E-state index in [1.807, 2.05) is 45.2 Å². The van der Waals surface area contributed by atoms with Crippen LogP contribution in [0.5, 0.6) is 23.0 Å². The second kappa shape index (κ2) is 13.1. The lowest BCUT2D eigenvalue weighted by Crippen LogP contribution is -2.69. The molecule has 1 aromatic heterocycles. The van der Waals surface area contributed by atoms with E-state index in [0.717, 1.165) is 61.1 Å². The molecule has 6 heterocycles. The van der Waals surface area contributed by atoms with Crippen molar-refractivity contribution in [2.24, 2.45) is 0 Å². The third-order valence-electron chi connectivity index (χ3n) is 13.0. The number of aliphatic hydroxyl groups excluding tert-OH is 1. The van der Waals surface area contributed by atoms with Gasteiger partial charge in [-0.3, -0.25) is 24.7 Å². The van der Waals surface area contributed by atoms with Crippen molar-refractivity contribution in [3.05, 3.63) is 80.5 Å². The van der Waals surface area contributed by atoms with Gasteiger partial charge in [-0.05, 0) is 80.6 Å². The molecule has 4 aromatic rings. The number of aryl methyl sites for hydroxylation is 1. The largest absolute Gasteiger partial charge is 0.504 e. The lowest BCUT2D eigenvalue weighted by Gasteiger charge is -2.62. The van der Waals surface area contributed by atoms with Crippen molar-refractivity contribution in [1.82, 2.24) is 20.1 Å². The zero-order chi connectivity index (χ0) is 38.7. The number of rotatable bonds is 8. The second-order valence-electron chi connectivity index (χ2n) is 15.8. The van der Waals surface area contributed by atoms with Crippen LogP contribution in [0.4, 0.5) is 0 Å². The van der Waals surface area contributed by atoms with E-state index in [1.165, 1.54) is 0 Å². The molecule has 1 saturated heterocycles. The predicted molar refractivity (Wildman–Crippen MR) is 205 cm³/mol. The number of nitrogens with one attached hydrogen (secondary N) is 2. The van der Waals surface area contributed by atoms with Crippen molar-refractivity contribution in [3.8, 4) is 23.0 Å². The molecule has 55 heavy (non-hydrogen) atoms. The number of aromatic nitrogens is 1. The van der Waals surface area contributed by atoms with Gasteiger partial charge in [0.1, 0.15) is 18.9 Å². The van der Waals surface area contributed by atoms with E-state index in [-0.39, 0.29) is 30.4 Å². The van der Waals surface area contributed by atoms with Gasteiger partial charge in [-0.15, -0.1) is 11.8 Å². The number of aliphatic carboxylic acids is 1. The number of carboxylic acids is 1. The van der Waals surface area contributed by atoms with Crippen molar-refractivity contribution in [1.29, 1.82) is 0 Å². The number of hydrogen-bond acceptors (Lipinski definition) is 12. The van der Waals surface area contributed by atoms with Crippen molar-refractivity contribution in [3.63, 3.8) is 0 Å². The molecule has 0 radical (unpaired) electrons. The highest BCUT2D eigenvalue weighted by Gasteiger charge is 2.60. The van der Waals surface area contributed by atoms with Crippen LogP contribution in [0, 0.1) is 20.8 Å². The highest BCUT2D eigenvalue weighted by molar-refractivity contribution is 7.99. The number of aliphatic hydroxyl groups is 1. The highest BCUT2D eigenvalue weighted by atomic mass is 32.2.